The molecule has 0 fully saturated rings. The van der Waals surface area contributed by atoms with E-state index in [0.717, 1.165) is 34.7 Å². The summed E-state index contributed by atoms with van der Waals surface area (Å²) in [6.45, 7) is 0. The van der Waals surface area contributed by atoms with Crippen LogP contribution in [-0.4, -0.2) is 27.7 Å². The molecule has 0 aliphatic carbocycles. The lowest BCUT2D eigenvalue weighted by Crippen LogP contribution is -2.14. The molecule has 7 nitrogen and oxygen atoms in total. The topological polar surface area (TPSA) is 76.2 Å². The molecule has 2 N–H and O–H groups in total. The van der Waals surface area contributed by atoms with E-state index in [0.29, 0.717) is 30.3 Å². The van der Waals surface area contributed by atoms with Crippen molar-refractivity contribution in [2.45, 2.75) is 18.5 Å². The molecule has 0 saturated heterocycles. The molecule has 0 aliphatic heterocycles. The second kappa shape index (κ2) is 18.5. The summed E-state index contributed by atoms with van der Waals surface area (Å²) < 4.78 is 210. The van der Waals surface area contributed by atoms with Crippen LogP contribution in [0.2, 0.25) is 5.15 Å². The van der Waals surface area contributed by atoms with Gasteiger partial charge in [0.15, 0.2) is 29.1 Å². The van der Waals surface area contributed by atoms with Crippen LogP contribution in [-0.2, 0) is 18.5 Å². The van der Waals surface area contributed by atoms with Gasteiger partial charge in [-0.1, -0.05) is 41.9 Å². The summed E-state index contributed by atoms with van der Waals surface area (Å²) in [7, 11) is 1.34. The Morgan fingerprint density at radius 3 is 1.33 bits per heavy atom. The third-order valence-electron chi connectivity index (χ3n) is 10.1. The molecule has 69 heavy (non-hydrogen) atoms. The minimum absolute atomic E-state index is 0.0484. The van der Waals surface area contributed by atoms with Crippen LogP contribution in [0.3, 0.4) is 0 Å². The van der Waals surface area contributed by atoms with Crippen LogP contribution in [0.5, 0.6) is 5.88 Å². The summed E-state index contributed by atoms with van der Waals surface area (Å²) in [6, 6.07) is 18.1. The standard InChI is InChI=1S/C23H10ClF9N2O.C23H14F6N2O2/c24-19-6-11(22(28,29)30)5-13-7-15(23(31,32)33)20(35(13)19)10-1-3-12(4-2-10)34-21(36)14-8-17(26)18(27)9-16(14)25;1-33-20-4-2-3-14-9-16(23(27,28)29)21(31(14)20)12-5-7-13(8-6-12)30-22(32)15-10-18(25)19(26)11-17(15)24/h1-9H,(H,34,36);2-11H,1H3,(H,30,32). The average molecular weight is 1000 g/mol. The van der Waals surface area contributed by atoms with Crippen molar-refractivity contribution in [3.05, 3.63) is 183 Å². The van der Waals surface area contributed by atoms with E-state index >= 15 is 0 Å². The molecule has 0 atom stereocenters. The van der Waals surface area contributed by atoms with Gasteiger partial charge in [-0.15, -0.1) is 0 Å². The van der Waals surface area contributed by atoms with Crippen LogP contribution in [0.25, 0.3) is 33.5 Å². The largest absolute Gasteiger partial charge is 0.482 e. The predicted octanol–water partition coefficient (Wildman–Crippen LogP) is 14.3. The zero-order valence-corrected chi connectivity index (χ0v) is 34.9. The molecule has 4 heterocycles. The summed E-state index contributed by atoms with van der Waals surface area (Å²) in [5, 5.41) is 3.86. The zero-order valence-electron chi connectivity index (χ0n) is 34.1. The fraction of sp³-hybridized carbons (Fsp3) is 0.0870. The van der Waals surface area contributed by atoms with E-state index < -0.39 is 109 Å². The fourth-order valence-electron chi connectivity index (χ4n) is 6.99. The first-order valence-corrected chi connectivity index (χ1v) is 19.5. The lowest BCUT2D eigenvalue weighted by atomic mass is 10.1. The first kappa shape index (κ1) is 49.3. The highest BCUT2D eigenvalue weighted by atomic mass is 35.5. The van der Waals surface area contributed by atoms with E-state index in [9.17, 15) is 75.4 Å². The van der Waals surface area contributed by atoms with Crippen molar-refractivity contribution >= 4 is 45.8 Å². The number of nitrogens with zero attached hydrogens (tertiary/aromatic N) is 2. The van der Waals surface area contributed by atoms with Gasteiger partial charge in [-0.05, 0) is 83.9 Å². The van der Waals surface area contributed by atoms with Crippen molar-refractivity contribution in [1.82, 2.24) is 8.80 Å². The van der Waals surface area contributed by atoms with E-state index in [1.807, 2.05) is 0 Å². The third-order valence-corrected chi connectivity index (χ3v) is 10.3. The lowest BCUT2D eigenvalue weighted by Gasteiger charge is -2.13. The monoisotopic (exact) mass is 1000 g/mol. The molecule has 2 amide bonds. The van der Waals surface area contributed by atoms with E-state index in [1.54, 1.807) is 6.07 Å². The quantitative estimate of drug-likeness (QED) is 0.0949. The molecule has 23 heteroatoms. The van der Waals surface area contributed by atoms with Crippen molar-refractivity contribution < 1.29 is 80.2 Å². The Bertz CT molecular complexity index is 3290. The van der Waals surface area contributed by atoms with Gasteiger partial charge in [0.25, 0.3) is 11.8 Å². The van der Waals surface area contributed by atoms with Gasteiger partial charge in [0.1, 0.15) is 16.8 Å². The van der Waals surface area contributed by atoms with Gasteiger partial charge in [0, 0.05) is 34.5 Å². The summed E-state index contributed by atoms with van der Waals surface area (Å²) in [5.74, 6) is -10.4. The smallest absolute Gasteiger partial charge is 0.418 e. The van der Waals surface area contributed by atoms with E-state index in [-0.39, 0.29) is 51.7 Å². The number of carbonyl (C=O) groups is 2. The molecule has 8 aromatic rings. The minimum Gasteiger partial charge on any atom is -0.482 e. The van der Waals surface area contributed by atoms with Gasteiger partial charge in [0.2, 0.25) is 0 Å². The Labute approximate surface area is 381 Å². The number of methoxy groups -OCH3 is 1. The van der Waals surface area contributed by atoms with Crippen molar-refractivity contribution in [2.24, 2.45) is 0 Å². The highest BCUT2D eigenvalue weighted by Crippen LogP contribution is 2.44. The number of benzene rings is 4. The molecule has 4 aromatic carbocycles. The fourth-order valence-corrected chi connectivity index (χ4v) is 7.29. The van der Waals surface area contributed by atoms with Crippen molar-refractivity contribution in [1.29, 1.82) is 0 Å². The normalized spacial score (nSPS) is 12.0. The van der Waals surface area contributed by atoms with Crippen molar-refractivity contribution in [2.75, 3.05) is 17.7 Å². The molecule has 0 bridgehead atoms. The Morgan fingerprint density at radius 1 is 0.493 bits per heavy atom. The van der Waals surface area contributed by atoms with Crippen molar-refractivity contribution in [3.8, 4) is 28.4 Å². The summed E-state index contributed by atoms with van der Waals surface area (Å²) in [6.07, 6.45) is -14.5. The second-order valence-corrected chi connectivity index (χ2v) is 14.9. The number of anilines is 2. The summed E-state index contributed by atoms with van der Waals surface area (Å²) in [5.41, 5.74) is -5.72. The number of hydrogen-bond donors (Lipinski definition) is 2. The van der Waals surface area contributed by atoms with Gasteiger partial charge in [0.05, 0.1) is 46.3 Å². The van der Waals surface area contributed by atoms with E-state index in [1.165, 1.54) is 47.9 Å². The molecule has 0 aliphatic rings. The summed E-state index contributed by atoms with van der Waals surface area (Å²) >= 11 is 5.94. The highest BCUT2D eigenvalue weighted by Gasteiger charge is 2.39. The molecule has 8 rings (SSSR count). The number of aromatic nitrogens is 2. The highest BCUT2D eigenvalue weighted by molar-refractivity contribution is 6.30. The Hall–Kier alpha value is -7.62. The van der Waals surface area contributed by atoms with E-state index in [2.05, 4.69) is 10.6 Å². The predicted molar refractivity (Wildman–Crippen MR) is 221 cm³/mol. The van der Waals surface area contributed by atoms with Gasteiger partial charge in [-0.25, -0.2) is 26.3 Å². The molecule has 358 valence electrons. The molecule has 0 saturated carbocycles. The van der Waals surface area contributed by atoms with Crippen LogP contribution in [0.4, 0.5) is 77.2 Å². The third kappa shape index (κ3) is 10.2. The first-order chi connectivity index (χ1) is 32.3. The Kier molecular flexibility index (Phi) is 13.2. The molecular weight excluding hydrogens is 977 g/mol. The van der Waals surface area contributed by atoms with Crippen LogP contribution < -0.4 is 15.4 Å². The number of amides is 2. The molecule has 4 aromatic heterocycles. The first-order valence-electron chi connectivity index (χ1n) is 19.1. The number of pyridine rings is 2. The number of fused-ring (bicyclic) bond motifs is 2. The van der Waals surface area contributed by atoms with Crippen LogP contribution in [0.15, 0.2) is 115 Å². The number of halogens is 16. The van der Waals surface area contributed by atoms with Crippen LogP contribution in [0.1, 0.15) is 37.4 Å². The molecule has 0 unspecified atom stereocenters. The average Bonchev–Trinajstić information content (AvgIpc) is 3.88. The van der Waals surface area contributed by atoms with Crippen LogP contribution in [0, 0.1) is 34.9 Å². The maximum absolute atomic E-state index is 13.8. The number of hydrogen-bond acceptors (Lipinski definition) is 3. The SMILES string of the molecule is COc1cccc2cc(C(F)(F)F)c(-c3ccc(NC(=O)c4cc(F)c(F)cc4F)cc3)n12.O=C(Nc1ccc(-c2c(C(F)(F)F)cc3cc(C(F)(F)F)cc(Cl)n23)cc1)c1cc(F)c(F)cc1F. The van der Waals surface area contributed by atoms with Gasteiger partial charge >= 0.3 is 18.5 Å². The number of ether oxygens (including phenoxy) is 1. The minimum atomic E-state index is -4.96. The molecular formula is C46H24ClF15N4O3. The number of nitrogens with one attached hydrogen (secondary N) is 2. The number of carbonyl (C=O) groups excluding carboxylic acids is 2. The van der Waals surface area contributed by atoms with Gasteiger partial charge in [-0.2, -0.15) is 39.5 Å². The maximum atomic E-state index is 13.8. The van der Waals surface area contributed by atoms with Crippen LogP contribution >= 0.6 is 11.6 Å². The van der Waals surface area contributed by atoms with E-state index in [4.69, 9.17) is 16.3 Å². The maximum Gasteiger partial charge on any atom is 0.418 e. The number of rotatable bonds is 7. The summed E-state index contributed by atoms with van der Waals surface area (Å²) in [4.78, 5) is 24.5. The van der Waals surface area contributed by atoms with Gasteiger partial charge < -0.3 is 15.4 Å². The molecule has 0 radical (unpaired) electrons. The Morgan fingerprint density at radius 2 is 0.913 bits per heavy atom. The zero-order chi connectivity index (χ0) is 50.5. The van der Waals surface area contributed by atoms with Crippen molar-refractivity contribution in [3.63, 3.8) is 0 Å². The second-order valence-electron chi connectivity index (χ2n) is 14.5. The Balaban J connectivity index is 0.000000205. The van der Waals surface area contributed by atoms with Gasteiger partial charge in [-0.3, -0.25) is 18.4 Å². The number of alkyl halides is 9. The molecule has 0 spiro atoms. The lowest BCUT2D eigenvalue weighted by molar-refractivity contribution is -0.138.